The number of thioether (sulfide) groups is 1. The highest BCUT2D eigenvalue weighted by atomic mass is 32.2. The topological polar surface area (TPSA) is 74.0 Å². The second-order valence-corrected chi connectivity index (χ2v) is 9.69. The third-order valence-electron chi connectivity index (χ3n) is 5.49. The molecule has 0 aliphatic carbocycles. The Labute approximate surface area is 185 Å². The molecular formula is C26H22N2O2S. The molecule has 0 spiro atoms. The zero-order valence-corrected chi connectivity index (χ0v) is 18.2. The molecule has 4 rings (SSSR count). The molecule has 0 atom stereocenters. The number of carbonyl (C=O) groups is 1. The van der Waals surface area contributed by atoms with E-state index in [1.165, 1.54) is 22.9 Å². The summed E-state index contributed by atoms with van der Waals surface area (Å²) in [5.74, 6) is -0.836. The van der Waals surface area contributed by atoms with Crippen LogP contribution in [0.15, 0.2) is 71.8 Å². The first-order valence-corrected chi connectivity index (χ1v) is 10.9. The van der Waals surface area contributed by atoms with Crippen molar-refractivity contribution in [3.05, 3.63) is 83.6 Å². The first-order chi connectivity index (χ1) is 14.9. The van der Waals surface area contributed by atoms with Crippen molar-refractivity contribution in [1.29, 1.82) is 5.26 Å². The molecule has 0 fully saturated rings. The maximum absolute atomic E-state index is 11.5. The van der Waals surface area contributed by atoms with Crippen molar-refractivity contribution in [2.45, 2.75) is 36.3 Å². The summed E-state index contributed by atoms with van der Waals surface area (Å²) < 4.78 is -0.905. The number of rotatable bonds is 6. The van der Waals surface area contributed by atoms with Gasteiger partial charge in [-0.3, -0.25) is 9.78 Å². The molecule has 1 aromatic heterocycles. The SMILES string of the molecule is CC(C)(Sc1ccc2nccc(CCc3cccc4c(C#N)cccc34)c2c1)C(=O)O. The van der Waals surface area contributed by atoms with E-state index in [0.29, 0.717) is 5.56 Å². The third-order valence-corrected chi connectivity index (χ3v) is 6.66. The van der Waals surface area contributed by atoms with Gasteiger partial charge in [0.15, 0.2) is 0 Å². The molecule has 4 aromatic rings. The van der Waals surface area contributed by atoms with Gasteiger partial charge in [0.1, 0.15) is 4.75 Å². The molecule has 0 unspecified atom stereocenters. The number of aliphatic carboxylic acids is 1. The quantitative estimate of drug-likeness (QED) is 0.383. The molecule has 1 N–H and O–H groups in total. The maximum Gasteiger partial charge on any atom is 0.319 e. The van der Waals surface area contributed by atoms with Gasteiger partial charge < -0.3 is 5.11 Å². The molecule has 1 heterocycles. The van der Waals surface area contributed by atoms with E-state index in [0.717, 1.165) is 39.4 Å². The summed E-state index contributed by atoms with van der Waals surface area (Å²) in [4.78, 5) is 16.9. The molecule has 0 saturated carbocycles. The number of hydrogen-bond donors (Lipinski definition) is 1. The molecule has 31 heavy (non-hydrogen) atoms. The van der Waals surface area contributed by atoms with Gasteiger partial charge in [0, 0.05) is 16.5 Å². The summed E-state index contributed by atoms with van der Waals surface area (Å²) in [5.41, 5.74) is 3.97. The minimum Gasteiger partial charge on any atom is -0.480 e. The average molecular weight is 427 g/mol. The molecule has 5 heteroatoms. The number of pyridine rings is 1. The van der Waals surface area contributed by atoms with Crippen molar-refractivity contribution in [1.82, 2.24) is 4.98 Å². The van der Waals surface area contributed by atoms with Crippen LogP contribution in [0.4, 0.5) is 0 Å². The van der Waals surface area contributed by atoms with E-state index in [2.05, 4.69) is 23.2 Å². The predicted octanol–water partition coefficient (Wildman–Crippen LogP) is 6.00. The van der Waals surface area contributed by atoms with Crippen LogP contribution >= 0.6 is 11.8 Å². The van der Waals surface area contributed by atoms with Gasteiger partial charge in [-0.05, 0) is 78.9 Å². The predicted molar refractivity (Wildman–Crippen MR) is 125 cm³/mol. The van der Waals surface area contributed by atoms with Crippen molar-refractivity contribution in [3.8, 4) is 6.07 Å². The summed E-state index contributed by atoms with van der Waals surface area (Å²) in [6, 6.07) is 22.2. The number of fused-ring (bicyclic) bond motifs is 2. The van der Waals surface area contributed by atoms with E-state index < -0.39 is 10.7 Å². The molecule has 154 valence electrons. The molecule has 0 bridgehead atoms. The Bertz CT molecular complexity index is 1340. The third kappa shape index (κ3) is 4.26. The standard InChI is InChI=1S/C26H22N2O2S/c1-26(2,25(29)30)31-20-11-12-24-23(15-20)18(13-14-28-24)10-9-17-5-3-8-22-19(16-27)6-4-7-21(17)22/h3-8,11-15H,9-10H2,1-2H3,(H,29,30). The Balaban J connectivity index is 1.66. The van der Waals surface area contributed by atoms with E-state index in [-0.39, 0.29) is 0 Å². The van der Waals surface area contributed by atoms with Crippen LogP contribution in [0.25, 0.3) is 21.7 Å². The van der Waals surface area contributed by atoms with Gasteiger partial charge in [-0.1, -0.05) is 30.3 Å². The molecule has 0 aliphatic rings. The average Bonchev–Trinajstić information content (AvgIpc) is 2.76. The van der Waals surface area contributed by atoms with Crippen molar-refractivity contribution in [3.63, 3.8) is 0 Å². The van der Waals surface area contributed by atoms with Gasteiger partial charge in [0.05, 0.1) is 17.1 Å². The molecule has 0 saturated heterocycles. The number of carboxylic acids is 1. The minimum absolute atomic E-state index is 0.691. The number of nitriles is 1. The Morgan fingerprint density at radius 2 is 1.71 bits per heavy atom. The van der Waals surface area contributed by atoms with Crippen LogP contribution in [-0.2, 0) is 17.6 Å². The highest BCUT2D eigenvalue weighted by Crippen LogP contribution is 2.35. The van der Waals surface area contributed by atoms with Gasteiger partial charge in [-0.25, -0.2) is 0 Å². The van der Waals surface area contributed by atoms with Crippen LogP contribution < -0.4 is 0 Å². The molecule has 0 radical (unpaired) electrons. The number of carboxylic acid groups (broad SMARTS) is 1. The lowest BCUT2D eigenvalue weighted by atomic mass is 9.95. The summed E-state index contributed by atoms with van der Waals surface area (Å²) in [6.45, 7) is 3.43. The van der Waals surface area contributed by atoms with Gasteiger partial charge in [0.2, 0.25) is 0 Å². The van der Waals surface area contributed by atoms with Crippen LogP contribution in [0, 0.1) is 11.3 Å². The van der Waals surface area contributed by atoms with Gasteiger partial charge >= 0.3 is 5.97 Å². The van der Waals surface area contributed by atoms with Gasteiger partial charge in [-0.15, -0.1) is 11.8 Å². The van der Waals surface area contributed by atoms with E-state index in [1.54, 1.807) is 13.8 Å². The number of benzene rings is 3. The minimum atomic E-state index is -0.905. The zero-order chi connectivity index (χ0) is 22.0. The number of aromatic nitrogens is 1. The van der Waals surface area contributed by atoms with Crippen molar-refractivity contribution < 1.29 is 9.90 Å². The molecule has 0 aliphatic heterocycles. The summed E-state index contributed by atoms with van der Waals surface area (Å²) in [7, 11) is 0. The van der Waals surface area contributed by atoms with E-state index in [1.807, 2.05) is 54.7 Å². The van der Waals surface area contributed by atoms with E-state index in [9.17, 15) is 15.2 Å². The fourth-order valence-electron chi connectivity index (χ4n) is 3.76. The monoisotopic (exact) mass is 426 g/mol. The second-order valence-electron chi connectivity index (χ2n) is 8.00. The number of nitrogens with zero attached hydrogens (tertiary/aromatic N) is 2. The van der Waals surface area contributed by atoms with Gasteiger partial charge in [0.25, 0.3) is 0 Å². The van der Waals surface area contributed by atoms with Crippen molar-refractivity contribution in [2.75, 3.05) is 0 Å². The maximum atomic E-state index is 11.5. The zero-order valence-electron chi connectivity index (χ0n) is 17.4. The van der Waals surface area contributed by atoms with E-state index >= 15 is 0 Å². The molecule has 0 amide bonds. The highest BCUT2D eigenvalue weighted by Gasteiger charge is 2.28. The van der Waals surface area contributed by atoms with Crippen molar-refractivity contribution >= 4 is 39.4 Å². The first kappa shape index (κ1) is 20.9. The lowest BCUT2D eigenvalue weighted by molar-refractivity contribution is -0.138. The molecule has 3 aromatic carbocycles. The smallest absolute Gasteiger partial charge is 0.319 e. The Hall–Kier alpha value is -3.36. The number of aryl methyl sites for hydroxylation is 2. The van der Waals surface area contributed by atoms with Crippen LogP contribution in [0.3, 0.4) is 0 Å². The Morgan fingerprint density at radius 3 is 2.45 bits per heavy atom. The number of hydrogen-bond acceptors (Lipinski definition) is 4. The second kappa shape index (κ2) is 8.41. The van der Waals surface area contributed by atoms with Crippen LogP contribution in [0.1, 0.15) is 30.5 Å². The molecular weight excluding hydrogens is 404 g/mol. The first-order valence-electron chi connectivity index (χ1n) is 10.1. The summed E-state index contributed by atoms with van der Waals surface area (Å²) in [5, 5.41) is 22.0. The Kier molecular flexibility index (Phi) is 5.67. The largest absolute Gasteiger partial charge is 0.480 e. The van der Waals surface area contributed by atoms with Crippen LogP contribution in [-0.4, -0.2) is 20.8 Å². The summed E-state index contributed by atoms with van der Waals surface area (Å²) >= 11 is 1.34. The molecule has 4 nitrogen and oxygen atoms in total. The fourth-order valence-corrected chi connectivity index (χ4v) is 4.75. The van der Waals surface area contributed by atoms with Crippen LogP contribution in [0.5, 0.6) is 0 Å². The summed E-state index contributed by atoms with van der Waals surface area (Å²) in [6.07, 6.45) is 3.48. The van der Waals surface area contributed by atoms with Crippen molar-refractivity contribution in [2.24, 2.45) is 0 Å². The van der Waals surface area contributed by atoms with Crippen LogP contribution in [0.2, 0.25) is 0 Å². The Morgan fingerprint density at radius 1 is 1.00 bits per heavy atom. The highest BCUT2D eigenvalue weighted by molar-refractivity contribution is 8.01. The lowest BCUT2D eigenvalue weighted by Crippen LogP contribution is -2.26. The normalized spacial score (nSPS) is 11.5. The van der Waals surface area contributed by atoms with E-state index in [4.69, 9.17) is 0 Å². The lowest BCUT2D eigenvalue weighted by Gasteiger charge is -2.18. The van der Waals surface area contributed by atoms with Gasteiger partial charge in [-0.2, -0.15) is 5.26 Å². The fraction of sp³-hybridized carbons (Fsp3) is 0.192.